The number of carbonyl (C=O) groups excluding carboxylic acids is 2. The van der Waals surface area contributed by atoms with Crippen molar-refractivity contribution in [1.82, 2.24) is 16.1 Å². The van der Waals surface area contributed by atoms with Crippen molar-refractivity contribution in [2.24, 2.45) is 5.10 Å². The van der Waals surface area contributed by atoms with Crippen molar-refractivity contribution in [3.63, 3.8) is 0 Å². The molecule has 0 radical (unpaired) electrons. The van der Waals surface area contributed by atoms with Crippen molar-refractivity contribution in [3.05, 3.63) is 65.9 Å². The molecule has 0 fully saturated rings. The average Bonchev–Trinajstić information content (AvgIpc) is 2.81. The number of hydrogen-bond acceptors (Lipinski definition) is 7. The molecule has 0 spiro atoms. The number of allylic oxidation sites excluding steroid dienone is 1. The van der Waals surface area contributed by atoms with Gasteiger partial charge in [-0.15, -0.1) is 0 Å². The molecule has 1 amide bonds. The molecule has 2 aromatic carbocycles. The van der Waals surface area contributed by atoms with E-state index >= 15 is 0 Å². The number of nitrogens with one attached hydrogen (secondary N) is 3. The largest absolute Gasteiger partial charge is 0.506 e. The normalized spacial score (nSPS) is 15.4. The number of thiocarbonyl (C=S) groups is 1. The molecule has 4 N–H and O–H groups in total. The van der Waals surface area contributed by atoms with Crippen LogP contribution < -0.4 is 20.8 Å². The highest BCUT2D eigenvalue weighted by atomic mass is 127. The minimum absolute atomic E-state index is 0.208. The molecular formula is C23H22I2N4O5S. The van der Waals surface area contributed by atoms with Gasteiger partial charge in [-0.3, -0.25) is 4.79 Å². The Kier molecular flexibility index (Phi) is 9.68. The molecule has 9 nitrogen and oxygen atoms in total. The summed E-state index contributed by atoms with van der Waals surface area (Å²) in [5.41, 5.74) is 4.73. The molecule has 1 heterocycles. The van der Waals surface area contributed by atoms with Crippen molar-refractivity contribution in [2.75, 3.05) is 13.2 Å². The highest BCUT2D eigenvalue weighted by molar-refractivity contribution is 14.1. The number of halogens is 2. The maximum absolute atomic E-state index is 12.6. The van der Waals surface area contributed by atoms with Crippen molar-refractivity contribution in [2.45, 2.75) is 19.9 Å². The molecule has 0 bridgehead atoms. The lowest BCUT2D eigenvalue weighted by Gasteiger charge is -2.30. The fraction of sp³-hybridized carbons (Fsp3) is 0.217. The van der Waals surface area contributed by atoms with Crippen LogP contribution in [0.15, 0.2) is 52.8 Å². The fourth-order valence-electron chi connectivity index (χ4n) is 3.27. The summed E-state index contributed by atoms with van der Waals surface area (Å²) < 4.78 is 12.4. The zero-order valence-electron chi connectivity index (χ0n) is 18.7. The van der Waals surface area contributed by atoms with E-state index in [-0.39, 0.29) is 19.0 Å². The Morgan fingerprint density at radius 2 is 1.94 bits per heavy atom. The van der Waals surface area contributed by atoms with Crippen LogP contribution >= 0.6 is 57.4 Å². The van der Waals surface area contributed by atoms with Gasteiger partial charge in [-0.05, 0) is 95.0 Å². The first-order valence-corrected chi connectivity index (χ1v) is 12.9. The van der Waals surface area contributed by atoms with Crippen LogP contribution in [0.1, 0.15) is 31.0 Å². The van der Waals surface area contributed by atoms with E-state index in [9.17, 15) is 14.7 Å². The summed E-state index contributed by atoms with van der Waals surface area (Å²) in [6, 6.07) is 9.94. The monoisotopic (exact) mass is 720 g/mol. The molecule has 0 saturated heterocycles. The standard InChI is InChI=1S/C23H22I2N4O5S/c1-3-33-22(32)19-12(2)27-23(35)28-20(19)14-6-4-5-7-17(14)34-11-18(30)29-26-10-13-8-15(24)21(31)16(25)9-13/h4-10,20,31H,3,11H2,1-2H3,(H,29,30)(H2,27,28,35)/t20-/m1/s1. The molecule has 0 aliphatic carbocycles. The lowest BCUT2D eigenvalue weighted by Crippen LogP contribution is -2.45. The molecular weight excluding hydrogens is 698 g/mol. The minimum Gasteiger partial charge on any atom is -0.506 e. The Bertz CT molecular complexity index is 1200. The van der Waals surface area contributed by atoms with Crippen molar-refractivity contribution < 1.29 is 24.2 Å². The van der Waals surface area contributed by atoms with E-state index in [1.165, 1.54) is 6.21 Å². The second-order valence-electron chi connectivity index (χ2n) is 7.24. The Balaban J connectivity index is 1.71. The number of nitrogens with zero attached hydrogens (tertiary/aromatic N) is 1. The number of hydrogen-bond donors (Lipinski definition) is 4. The summed E-state index contributed by atoms with van der Waals surface area (Å²) in [6.45, 7) is 3.41. The quantitative estimate of drug-likeness (QED) is 0.108. The third kappa shape index (κ3) is 7.04. The van der Waals surface area contributed by atoms with Gasteiger partial charge in [-0.2, -0.15) is 5.10 Å². The average molecular weight is 720 g/mol. The summed E-state index contributed by atoms with van der Waals surface area (Å²) >= 11 is 9.32. The van der Waals surface area contributed by atoms with Crippen LogP contribution in [-0.2, 0) is 14.3 Å². The summed E-state index contributed by atoms with van der Waals surface area (Å²) in [7, 11) is 0. The van der Waals surface area contributed by atoms with E-state index in [1.807, 2.05) is 45.2 Å². The molecule has 0 saturated carbocycles. The first-order valence-electron chi connectivity index (χ1n) is 10.4. The van der Waals surface area contributed by atoms with Crippen molar-refractivity contribution >= 4 is 80.6 Å². The molecule has 184 valence electrons. The van der Waals surface area contributed by atoms with E-state index in [2.05, 4.69) is 21.2 Å². The summed E-state index contributed by atoms with van der Waals surface area (Å²) in [4.78, 5) is 25.0. The minimum atomic E-state index is -0.612. The second-order valence-corrected chi connectivity index (χ2v) is 9.98. The maximum atomic E-state index is 12.6. The van der Waals surface area contributed by atoms with Crippen LogP contribution in [0.25, 0.3) is 0 Å². The predicted octanol–water partition coefficient (Wildman–Crippen LogP) is 3.49. The smallest absolute Gasteiger partial charge is 0.338 e. The van der Waals surface area contributed by atoms with Gasteiger partial charge >= 0.3 is 5.97 Å². The number of hydrazone groups is 1. The van der Waals surface area contributed by atoms with E-state index < -0.39 is 17.9 Å². The zero-order valence-corrected chi connectivity index (χ0v) is 23.9. The SMILES string of the molecule is CCOC(=O)C1=C(C)NC(=S)N[C@@H]1c1ccccc1OCC(=O)NN=Cc1cc(I)c(O)c(I)c1. The second kappa shape index (κ2) is 12.5. The molecule has 2 aromatic rings. The Morgan fingerprint density at radius 1 is 1.26 bits per heavy atom. The Hall–Kier alpha value is -2.46. The lowest BCUT2D eigenvalue weighted by molar-refractivity contribution is -0.139. The highest BCUT2D eigenvalue weighted by Gasteiger charge is 2.32. The number of benzene rings is 2. The molecule has 0 unspecified atom stereocenters. The van der Waals surface area contributed by atoms with Gasteiger partial charge in [-0.1, -0.05) is 18.2 Å². The maximum Gasteiger partial charge on any atom is 0.338 e. The van der Waals surface area contributed by atoms with Crippen molar-refractivity contribution in [3.8, 4) is 11.5 Å². The molecule has 0 aromatic heterocycles. The van der Waals surface area contributed by atoms with Gasteiger partial charge < -0.3 is 25.2 Å². The van der Waals surface area contributed by atoms with Crippen LogP contribution in [0, 0.1) is 7.14 Å². The number of aromatic hydroxyl groups is 1. The molecule has 3 rings (SSSR count). The van der Waals surface area contributed by atoms with Crippen LogP contribution in [0.4, 0.5) is 0 Å². The number of para-hydroxylation sites is 1. The van der Waals surface area contributed by atoms with E-state index in [4.69, 9.17) is 21.7 Å². The molecule has 1 aliphatic rings. The Labute approximate surface area is 235 Å². The van der Waals surface area contributed by atoms with Crippen LogP contribution in [0.5, 0.6) is 11.5 Å². The van der Waals surface area contributed by atoms with Gasteiger partial charge in [0.2, 0.25) is 0 Å². The van der Waals surface area contributed by atoms with Gasteiger partial charge in [0.15, 0.2) is 11.7 Å². The number of esters is 1. The molecule has 1 atom stereocenters. The number of ether oxygens (including phenoxy) is 2. The van der Waals surface area contributed by atoms with Gasteiger partial charge in [0.05, 0.1) is 31.6 Å². The van der Waals surface area contributed by atoms with Crippen LogP contribution in [0.2, 0.25) is 0 Å². The summed E-state index contributed by atoms with van der Waals surface area (Å²) in [5, 5.41) is 20.2. The first-order chi connectivity index (χ1) is 16.7. The first kappa shape index (κ1) is 27.1. The number of phenolic OH excluding ortho intramolecular Hbond substituents is 1. The number of rotatable bonds is 8. The van der Waals surface area contributed by atoms with E-state index in [0.717, 1.165) is 5.56 Å². The van der Waals surface area contributed by atoms with Gasteiger partial charge in [0, 0.05) is 11.3 Å². The molecule has 35 heavy (non-hydrogen) atoms. The molecule has 1 aliphatic heterocycles. The summed E-state index contributed by atoms with van der Waals surface area (Å²) in [6.07, 6.45) is 1.48. The number of carbonyl (C=O) groups is 2. The van der Waals surface area contributed by atoms with E-state index in [0.29, 0.717) is 34.8 Å². The predicted molar refractivity (Wildman–Crippen MR) is 152 cm³/mol. The van der Waals surface area contributed by atoms with Crippen LogP contribution in [-0.4, -0.2) is 41.5 Å². The Morgan fingerprint density at radius 3 is 2.63 bits per heavy atom. The third-order valence-corrected chi connectivity index (χ3v) is 6.66. The molecule has 12 heteroatoms. The number of phenols is 1. The topological polar surface area (TPSA) is 121 Å². The third-order valence-electron chi connectivity index (χ3n) is 4.80. The zero-order chi connectivity index (χ0) is 25.5. The van der Waals surface area contributed by atoms with Gasteiger partial charge in [0.25, 0.3) is 5.91 Å². The van der Waals surface area contributed by atoms with Crippen LogP contribution in [0.3, 0.4) is 0 Å². The highest BCUT2D eigenvalue weighted by Crippen LogP contribution is 2.33. The van der Waals surface area contributed by atoms with Gasteiger partial charge in [0.1, 0.15) is 11.5 Å². The lowest BCUT2D eigenvalue weighted by atomic mass is 9.95. The van der Waals surface area contributed by atoms with E-state index in [1.54, 1.807) is 50.2 Å². The number of amides is 1. The summed E-state index contributed by atoms with van der Waals surface area (Å²) in [5.74, 6) is -0.325. The fourth-order valence-corrected chi connectivity index (χ4v) is 5.36. The van der Waals surface area contributed by atoms with Gasteiger partial charge in [-0.25, -0.2) is 10.2 Å². The van der Waals surface area contributed by atoms with Crippen molar-refractivity contribution in [1.29, 1.82) is 0 Å².